The molecule has 3 nitrogen and oxygen atoms in total. The second-order valence-corrected chi connectivity index (χ2v) is 10.6. The number of benzene rings is 4. The van der Waals surface area contributed by atoms with Crippen LogP contribution >= 0.6 is 23.1 Å². The van der Waals surface area contributed by atoms with Crippen molar-refractivity contribution < 1.29 is 14.6 Å². The number of fused-ring (bicyclic) bond motifs is 1. The number of carboxylic acids is 1. The second-order valence-electron chi connectivity index (χ2n) is 8.63. The maximum absolute atomic E-state index is 10.8. The topological polar surface area (TPSA) is 46.5 Å². The number of hydrogen-bond donors (Lipinski definition) is 1. The molecule has 0 saturated carbocycles. The molecule has 37 heavy (non-hydrogen) atoms. The maximum Gasteiger partial charge on any atom is 0.341 e. The Labute approximate surface area is 225 Å². The molecule has 1 N–H and O–H groups in total. The lowest BCUT2D eigenvalue weighted by Crippen LogP contribution is -2.09. The third kappa shape index (κ3) is 5.96. The number of hydrogen-bond acceptors (Lipinski definition) is 4. The summed E-state index contributed by atoms with van der Waals surface area (Å²) in [7, 11) is 0. The maximum atomic E-state index is 10.8. The molecule has 0 amide bonds. The van der Waals surface area contributed by atoms with Crippen LogP contribution in [-0.4, -0.2) is 23.4 Å². The Hall–Kier alpha value is -3.80. The molecule has 5 aromatic rings. The molecule has 184 valence electrons. The van der Waals surface area contributed by atoms with Crippen molar-refractivity contribution in [2.75, 3.05) is 12.4 Å². The molecule has 0 bridgehead atoms. The Morgan fingerprint density at radius 2 is 1.65 bits per heavy atom. The highest BCUT2D eigenvalue weighted by Gasteiger charge is 2.12. The summed E-state index contributed by atoms with van der Waals surface area (Å²) in [4.78, 5) is 11.9. The van der Waals surface area contributed by atoms with Gasteiger partial charge in [-0.3, -0.25) is 0 Å². The van der Waals surface area contributed by atoms with Gasteiger partial charge < -0.3 is 9.84 Å². The van der Waals surface area contributed by atoms with Gasteiger partial charge in [-0.2, -0.15) is 0 Å². The summed E-state index contributed by atoms with van der Waals surface area (Å²) in [6.45, 7) is 1.60. The van der Waals surface area contributed by atoms with Gasteiger partial charge in [0.1, 0.15) is 5.75 Å². The van der Waals surface area contributed by atoms with E-state index in [9.17, 15) is 4.79 Å². The first-order chi connectivity index (χ1) is 18.1. The Morgan fingerprint density at radius 3 is 2.41 bits per heavy atom. The van der Waals surface area contributed by atoms with Gasteiger partial charge >= 0.3 is 5.97 Å². The van der Waals surface area contributed by atoms with Gasteiger partial charge in [-0.1, -0.05) is 78.9 Å². The predicted molar refractivity (Wildman–Crippen MR) is 156 cm³/mol. The Kier molecular flexibility index (Phi) is 7.73. The number of ether oxygens (including phenoxy) is 1. The van der Waals surface area contributed by atoms with Gasteiger partial charge in [0.05, 0.1) is 0 Å². The van der Waals surface area contributed by atoms with Crippen molar-refractivity contribution in [3.63, 3.8) is 0 Å². The van der Waals surface area contributed by atoms with Crippen molar-refractivity contribution in [3.8, 4) is 16.9 Å². The zero-order chi connectivity index (χ0) is 25.6. The lowest BCUT2D eigenvalue weighted by atomic mass is 9.95. The SMILES string of the molecule is Cc1cc(SCC=C(c2ccc(-c3ccccc3)cc2)c2csc3ccccc23)ccc1OCC(=O)O. The van der Waals surface area contributed by atoms with Crippen LogP contribution in [0.15, 0.2) is 113 Å². The monoisotopic (exact) mass is 522 g/mol. The van der Waals surface area contributed by atoms with Gasteiger partial charge in [-0.25, -0.2) is 4.79 Å². The molecule has 4 aromatic carbocycles. The van der Waals surface area contributed by atoms with E-state index in [4.69, 9.17) is 9.84 Å². The van der Waals surface area contributed by atoms with Crippen molar-refractivity contribution >= 4 is 44.7 Å². The van der Waals surface area contributed by atoms with Crippen LogP contribution in [0.5, 0.6) is 5.75 Å². The largest absolute Gasteiger partial charge is 0.482 e. The van der Waals surface area contributed by atoms with Crippen LogP contribution in [0.1, 0.15) is 16.7 Å². The molecule has 1 heterocycles. The van der Waals surface area contributed by atoms with Crippen LogP contribution in [0.2, 0.25) is 0 Å². The first kappa shape index (κ1) is 24.9. The van der Waals surface area contributed by atoms with Crippen molar-refractivity contribution in [1.29, 1.82) is 0 Å². The lowest BCUT2D eigenvalue weighted by Gasteiger charge is -2.11. The minimum absolute atomic E-state index is 0.336. The smallest absolute Gasteiger partial charge is 0.341 e. The van der Waals surface area contributed by atoms with E-state index in [2.05, 4.69) is 84.3 Å². The molecule has 0 aliphatic carbocycles. The van der Waals surface area contributed by atoms with Gasteiger partial charge in [0, 0.05) is 26.3 Å². The fraction of sp³-hybridized carbons (Fsp3) is 0.0938. The van der Waals surface area contributed by atoms with Crippen LogP contribution in [0.25, 0.3) is 26.8 Å². The summed E-state index contributed by atoms with van der Waals surface area (Å²) in [5.41, 5.74) is 7.01. The highest BCUT2D eigenvalue weighted by atomic mass is 32.2. The van der Waals surface area contributed by atoms with Crippen LogP contribution in [0.3, 0.4) is 0 Å². The standard InChI is InChI=1S/C32H26O3S2/c1-22-19-26(15-16-30(22)35-20-32(33)34)36-18-17-27(29-21-37-31-10-6-5-9-28(29)31)25-13-11-24(12-14-25)23-7-3-2-4-8-23/h2-17,19,21H,18,20H2,1H3,(H,33,34). The van der Waals surface area contributed by atoms with E-state index >= 15 is 0 Å². The number of carbonyl (C=O) groups is 1. The van der Waals surface area contributed by atoms with E-state index in [1.807, 2.05) is 31.2 Å². The van der Waals surface area contributed by atoms with Crippen LogP contribution in [0, 0.1) is 6.92 Å². The molecule has 0 aliphatic rings. The Morgan fingerprint density at radius 1 is 0.919 bits per heavy atom. The molecule has 0 radical (unpaired) electrons. The molecule has 1 aromatic heterocycles. The van der Waals surface area contributed by atoms with Gasteiger partial charge in [0.15, 0.2) is 6.61 Å². The van der Waals surface area contributed by atoms with Crippen molar-refractivity contribution in [1.82, 2.24) is 0 Å². The number of thiophene rings is 1. The summed E-state index contributed by atoms with van der Waals surface area (Å²) in [6.07, 6.45) is 2.31. The molecule has 0 saturated heterocycles. The highest BCUT2D eigenvalue weighted by molar-refractivity contribution is 7.99. The minimum atomic E-state index is -0.978. The Bertz CT molecular complexity index is 1550. The number of carboxylic acid groups (broad SMARTS) is 1. The Balaban J connectivity index is 1.42. The number of aliphatic carboxylic acids is 1. The zero-order valence-electron chi connectivity index (χ0n) is 20.4. The molecule has 5 rings (SSSR count). The first-order valence-corrected chi connectivity index (χ1v) is 13.9. The number of thioether (sulfide) groups is 1. The third-order valence-electron chi connectivity index (χ3n) is 6.11. The average Bonchev–Trinajstić information content (AvgIpc) is 3.35. The fourth-order valence-corrected chi connectivity index (χ4v) is 6.10. The number of rotatable bonds is 9. The second kappa shape index (κ2) is 11.5. The van der Waals surface area contributed by atoms with Crippen LogP contribution in [0.4, 0.5) is 0 Å². The van der Waals surface area contributed by atoms with E-state index in [0.29, 0.717) is 5.75 Å². The lowest BCUT2D eigenvalue weighted by molar-refractivity contribution is -0.139. The van der Waals surface area contributed by atoms with Crippen molar-refractivity contribution in [2.24, 2.45) is 0 Å². The molecule has 0 unspecified atom stereocenters. The van der Waals surface area contributed by atoms with Gasteiger partial charge in [0.2, 0.25) is 0 Å². The third-order valence-corrected chi connectivity index (χ3v) is 7.99. The van der Waals surface area contributed by atoms with Gasteiger partial charge in [-0.15, -0.1) is 23.1 Å². The molecule has 0 aliphatic heterocycles. The van der Waals surface area contributed by atoms with E-state index in [0.717, 1.165) is 16.2 Å². The normalized spacial score (nSPS) is 11.5. The van der Waals surface area contributed by atoms with E-state index < -0.39 is 5.97 Å². The summed E-state index contributed by atoms with van der Waals surface area (Å²) >= 11 is 3.52. The van der Waals surface area contributed by atoms with E-state index in [-0.39, 0.29) is 6.61 Å². The molecular weight excluding hydrogens is 496 g/mol. The highest BCUT2D eigenvalue weighted by Crippen LogP contribution is 2.36. The molecule has 5 heteroatoms. The van der Waals surface area contributed by atoms with Gasteiger partial charge in [0.25, 0.3) is 0 Å². The molecule has 0 spiro atoms. The predicted octanol–water partition coefficient (Wildman–Crippen LogP) is 8.56. The van der Waals surface area contributed by atoms with Crippen LogP contribution in [-0.2, 0) is 4.79 Å². The summed E-state index contributed by atoms with van der Waals surface area (Å²) in [5, 5.41) is 12.4. The quantitative estimate of drug-likeness (QED) is 0.197. The summed E-state index contributed by atoms with van der Waals surface area (Å²) in [5.74, 6) is 0.425. The fourth-order valence-electron chi connectivity index (χ4n) is 4.28. The van der Waals surface area contributed by atoms with E-state index in [1.54, 1.807) is 23.1 Å². The zero-order valence-corrected chi connectivity index (χ0v) is 22.0. The summed E-state index contributed by atoms with van der Waals surface area (Å²) < 4.78 is 6.65. The summed E-state index contributed by atoms with van der Waals surface area (Å²) in [6, 6.07) is 33.7. The average molecular weight is 523 g/mol. The van der Waals surface area contributed by atoms with Gasteiger partial charge in [-0.05, 0) is 64.4 Å². The van der Waals surface area contributed by atoms with Crippen LogP contribution < -0.4 is 4.74 Å². The van der Waals surface area contributed by atoms with E-state index in [1.165, 1.54) is 37.9 Å². The first-order valence-electron chi connectivity index (χ1n) is 12.0. The molecule has 0 atom stereocenters. The minimum Gasteiger partial charge on any atom is -0.482 e. The molecular formula is C32H26O3S2. The number of aryl methyl sites for hydroxylation is 1. The van der Waals surface area contributed by atoms with Crippen molar-refractivity contribution in [2.45, 2.75) is 11.8 Å². The molecule has 0 fully saturated rings. The van der Waals surface area contributed by atoms with Crippen molar-refractivity contribution in [3.05, 3.63) is 125 Å².